The van der Waals surface area contributed by atoms with E-state index in [1.807, 2.05) is 44.2 Å². The van der Waals surface area contributed by atoms with E-state index in [4.69, 9.17) is 10.3 Å². The van der Waals surface area contributed by atoms with Crippen LogP contribution in [0, 0.1) is 0 Å². The smallest absolute Gasteiger partial charge is 0.266 e. The van der Waals surface area contributed by atoms with Gasteiger partial charge < -0.3 is 16.4 Å². The standard InChI is InChI=1S/C13H19N3O5S.C2H6/c14-11(8-10-4-2-1-3-5-10)13(18)16-9-12(17)15-6-7-22(19,20)21;1-2/h1-5,11H,6-9,14H2,(H,15,17)(H,16,18)(H,19,20,21);1-2H3. The molecule has 2 amide bonds. The highest BCUT2D eigenvalue weighted by atomic mass is 32.2. The minimum Gasteiger partial charge on any atom is -0.353 e. The highest BCUT2D eigenvalue weighted by Crippen LogP contribution is 2.01. The molecule has 0 aliphatic carbocycles. The van der Waals surface area contributed by atoms with Gasteiger partial charge in [-0.1, -0.05) is 44.2 Å². The number of nitrogens with one attached hydrogen (secondary N) is 2. The van der Waals surface area contributed by atoms with Crippen molar-refractivity contribution in [2.24, 2.45) is 5.73 Å². The molecule has 24 heavy (non-hydrogen) atoms. The monoisotopic (exact) mass is 359 g/mol. The molecule has 9 heteroatoms. The summed E-state index contributed by atoms with van der Waals surface area (Å²) in [5.74, 6) is -1.63. The van der Waals surface area contributed by atoms with Gasteiger partial charge in [-0.05, 0) is 12.0 Å². The summed E-state index contributed by atoms with van der Waals surface area (Å²) in [6, 6.07) is 8.43. The lowest BCUT2D eigenvalue weighted by atomic mass is 10.1. The van der Waals surface area contributed by atoms with E-state index in [2.05, 4.69) is 10.6 Å². The highest BCUT2D eigenvalue weighted by Gasteiger charge is 2.15. The fourth-order valence-corrected chi connectivity index (χ4v) is 2.00. The lowest BCUT2D eigenvalue weighted by Gasteiger charge is -2.12. The Morgan fingerprint density at radius 1 is 1.17 bits per heavy atom. The molecular formula is C15H25N3O5S. The third-order valence-electron chi connectivity index (χ3n) is 2.74. The molecule has 0 heterocycles. The molecule has 0 fully saturated rings. The van der Waals surface area contributed by atoms with Crippen molar-refractivity contribution in [3.63, 3.8) is 0 Å². The van der Waals surface area contributed by atoms with Crippen LogP contribution in [0.25, 0.3) is 0 Å². The van der Waals surface area contributed by atoms with Crippen molar-refractivity contribution in [2.45, 2.75) is 26.3 Å². The van der Waals surface area contributed by atoms with Gasteiger partial charge in [0, 0.05) is 6.54 Å². The molecule has 1 rings (SSSR count). The summed E-state index contributed by atoms with van der Waals surface area (Å²) in [6.45, 7) is 3.45. The number of rotatable bonds is 8. The second kappa shape index (κ2) is 11.5. The Bertz CT molecular complexity index is 605. The van der Waals surface area contributed by atoms with Gasteiger partial charge in [-0.3, -0.25) is 14.1 Å². The molecule has 0 aliphatic heterocycles. The first-order chi connectivity index (χ1) is 11.3. The van der Waals surface area contributed by atoms with Crippen LogP contribution in [-0.4, -0.2) is 49.7 Å². The van der Waals surface area contributed by atoms with Crippen molar-refractivity contribution >= 4 is 21.9 Å². The Labute approximate surface area is 142 Å². The largest absolute Gasteiger partial charge is 0.353 e. The van der Waals surface area contributed by atoms with Crippen molar-refractivity contribution in [3.8, 4) is 0 Å². The average Bonchev–Trinajstić information content (AvgIpc) is 2.54. The Morgan fingerprint density at radius 3 is 2.29 bits per heavy atom. The van der Waals surface area contributed by atoms with E-state index >= 15 is 0 Å². The van der Waals surface area contributed by atoms with Crippen LogP contribution < -0.4 is 16.4 Å². The van der Waals surface area contributed by atoms with Crippen molar-refractivity contribution in [1.82, 2.24) is 10.6 Å². The number of nitrogens with two attached hydrogens (primary N) is 1. The maximum Gasteiger partial charge on any atom is 0.266 e. The molecule has 0 radical (unpaired) electrons. The topological polar surface area (TPSA) is 139 Å². The molecule has 0 saturated heterocycles. The molecule has 0 spiro atoms. The number of carbonyl (C=O) groups is 2. The lowest BCUT2D eigenvalue weighted by Crippen LogP contribution is -2.46. The summed E-state index contributed by atoms with van der Waals surface area (Å²) in [7, 11) is -4.12. The van der Waals surface area contributed by atoms with Crippen molar-refractivity contribution < 1.29 is 22.6 Å². The molecule has 0 aromatic heterocycles. The summed E-state index contributed by atoms with van der Waals surface area (Å²) >= 11 is 0. The fourth-order valence-electron chi connectivity index (χ4n) is 1.64. The van der Waals surface area contributed by atoms with Crippen LogP contribution in [0.1, 0.15) is 19.4 Å². The molecule has 1 unspecified atom stereocenters. The fraction of sp³-hybridized carbons (Fsp3) is 0.467. The van der Waals surface area contributed by atoms with E-state index in [1.54, 1.807) is 0 Å². The Kier molecular flexibility index (Phi) is 10.6. The maximum atomic E-state index is 11.7. The Morgan fingerprint density at radius 2 is 1.75 bits per heavy atom. The zero-order valence-corrected chi connectivity index (χ0v) is 14.7. The number of amides is 2. The van der Waals surface area contributed by atoms with E-state index in [0.29, 0.717) is 6.42 Å². The van der Waals surface area contributed by atoms with E-state index in [0.717, 1.165) is 5.56 Å². The van der Waals surface area contributed by atoms with Gasteiger partial charge in [0.05, 0.1) is 18.3 Å². The first-order valence-corrected chi connectivity index (χ1v) is 9.18. The van der Waals surface area contributed by atoms with Gasteiger partial charge in [0.25, 0.3) is 10.1 Å². The zero-order valence-electron chi connectivity index (χ0n) is 13.9. The van der Waals surface area contributed by atoms with Gasteiger partial charge >= 0.3 is 0 Å². The van der Waals surface area contributed by atoms with Crippen LogP contribution >= 0.6 is 0 Å². The predicted molar refractivity (Wildman–Crippen MR) is 91.9 cm³/mol. The molecule has 1 aromatic rings. The first-order valence-electron chi connectivity index (χ1n) is 7.57. The summed E-state index contributed by atoms with van der Waals surface area (Å²) in [4.78, 5) is 23.1. The zero-order chi connectivity index (χ0) is 18.6. The second-order valence-electron chi connectivity index (χ2n) is 4.65. The van der Waals surface area contributed by atoms with E-state index < -0.39 is 33.7 Å². The molecule has 1 atom stereocenters. The van der Waals surface area contributed by atoms with Crippen LogP contribution in [0.4, 0.5) is 0 Å². The van der Waals surface area contributed by atoms with Gasteiger partial charge in [0.1, 0.15) is 0 Å². The quantitative estimate of drug-likeness (QED) is 0.470. The number of hydrogen-bond donors (Lipinski definition) is 4. The van der Waals surface area contributed by atoms with Crippen LogP contribution in [0.15, 0.2) is 30.3 Å². The molecule has 0 bridgehead atoms. The normalized spacial score (nSPS) is 11.7. The summed E-state index contributed by atoms with van der Waals surface area (Å²) < 4.78 is 29.4. The van der Waals surface area contributed by atoms with E-state index in [-0.39, 0.29) is 13.1 Å². The second-order valence-corrected chi connectivity index (χ2v) is 6.22. The molecule has 8 nitrogen and oxygen atoms in total. The number of benzene rings is 1. The van der Waals surface area contributed by atoms with Crippen LogP contribution in [0.3, 0.4) is 0 Å². The lowest BCUT2D eigenvalue weighted by molar-refractivity contribution is -0.126. The van der Waals surface area contributed by atoms with Gasteiger partial charge in [0.15, 0.2) is 0 Å². The van der Waals surface area contributed by atoms with Gasteiger partial charge in [-0.25, -0.2) is 0 Å². The average molecular weight is 359 g/mol. The Balaban J connectivity index is 0.00000254. The Hall–Kier alpha value is -1.97. The summed E-state index contributed by atoms with van der Waals surface area (Å²) in [6.07, 6.45) is 0.344. The number of hydrogen-bond acceptors (Lipinski definition) is 5. The van der Waals surface area contributed by atoms with Gasteiger partial charge in [-0.2, -0.15) is 8.42 Å². The molecule has 136 valence electrons. The highest BCUT2D eigenvalue weighted by molar-refractivity contribution is 7.85. The molecular weight excluding hydrogens is 334 g/mol. The van der Waals surface area contributed by atoms with Crippen molar-refractivity contribution in [1.29, 1.82) is 0 Å². The molecule has 0 aliphatic rings. The van der Waals surface area contributed by atoms with Gasteiger partial charge in [-0.15, -0.1) is 0 Å². The molecule has 0 saturated carbocycles. The minimum atomic E-state index is -4.12. The predicted octanol–water partition coefficient (Wildman–Crippen LogP) is -0.297. The number of carbonyl (C=O) groups excluding carboxylic acids is 2. The van der Waals surface area contributed by atoms with Crippen LogP contribution in [0.5, 0.6) is 0 Å². The van der Waals surface area contributed by atoms with Crippen LogP contribution in [0.2, 0.25) is 0 Å². The van der Waals surface area contributed by atoms with Crippen molar-refractivity contribution in [3.05, 3.63) is 35.9 Å². The minimum absolute atomic E-state index is 0.233. The SMILES string of the molecule is CC.NC(Cc1ccccc1)C(=O)NCC(=O)NCCS(=O)(=O)O. The first kappa shape index (κ1) is 22.0. The van der Waals surface area contributed by atoms with Gasteiger partial charge in [0.2, 0.25) is 11.8 Å². The molecule has 1 aromatic carbocycles. The van der Waals surface area contributed by atoms with Crippen LogP contribution in [-0.2, 0) is 26.1 Å². The third-order valence-corrected chi connectivity index (χ3v) is 3.46. The third kappa shape index (κ3) is 10.7. The summed E-state index contributed by atoms with van der Waals surface area (Å²) in [5.41, 5.74) is 6.64. The van der Waals surface area contributed by atoms with E-state index in [1.165, 1.54) is 0 Å². The summed E-state index contributed by atoms with van der Waals surface area (Å²) in [5, 5.41) is 4.61. The van der Waals surface area contributed by atoms with Crippen molar-refractivity contribution in [2.75, 3.05) is 18.8 Å². The maximum absolute atomic E-state index is 11.7. The molecule has 5 N–H and O–H groups in total. The van der Waals surface area contributed by atoms with E-state index in [9.17, 15) is 18.0 Å².